The smallest absolute Gasteiger partial charge is 0.183 e. The Balaban J connectivity index is 0.00000104. The van der Waals surface area contributed by atoms with E-state index in [1.54, 1.807) is 0 Å². The number of aryl methyl sites for hydroxylation is 2. The Labute approximate surface area is 159 Å². The number of nitrogens with zero attached hydrogens (tertiary/aromatic N) is 2. The molecule has 2 aromatic rings. The summed E-state index contributed by atoms with van der Waals surface area (Å²) in [7, 11) is 0. The van der Waals surface area contributed by atoms with E-state index >= 15 is 0 Å². The van der Waals surface area contributed by atoms with E-state index in [0.29, 0.717) is 0 Å². The van der Waals surface area contributed by atoms with Crippen LogP contribution in [0.4, 0.5) is 5.13 Å². The second kappa shape index (κ2) is 9.02. The predicted molar refractivity (Wildman–Crippen MR) is 105 cm³/mol. The number of hydrogen-bond donors (Lipinski definition) is 1. The first kappa shape index (κ1) is 19.5. The van der Waals surface area contributed by atoms with E-state index in [1.807, 2.05) is 11.3 Å². The Morgan fingerprint density at radius 3 is 2.75 bits per heavy atom. The second-order valence-electron chi connectivity index (χ2n) is 5.83. The quantitative estimate of drug-likeness (QED) is 0.870. The van der Waals surface area contributed by atoms with Gasteiger partial charge in [-0.3, -0.25) is 4.90 Å². The molecule has 1 N–H and O–H groups in total. The molecule has 4 nitrogen and oxygen atoms in total. The number of ether oxygens (including phenoxy) is 1. The molecular weight excluding hydrogens is 365 g/mol. The van der Waals surface area contributed by atoms with Gasteiger partial charge in [-0.05, 0) is 18.4 Å². The van der Waals surface area contributed by atoms with E-state index in [0.717, 1.165) is 57.4 Å². The molecule has 1 fully saturated rings. The number of rotatable bonds is 4. The van der Waals surface area contributed by atoms with Crippen LogP contribution in [0.25, 0.3) is 11.3 Å². The van der Waals surface area contributed by atoms with Crippen molar-refractivity contribution in [2.75, 3.05) is 44.7 Å². The average Bonchev–Trinajstić information content (AvgIpc) is 2.99. The van der Waals surface area contributed by atoms with Gasteiger partial charge in [0.2, 0.25) is 0 Å². The van der Waals surface area contributed by atoms with Gasteiger partial charge in [0.15, 0.2) is 5.13 Å². The number of aromatic nitrogens is 1. The third-order valence-corrected chi connectivity index (χ3v) is 5.47. The van der Waals surface area contributed by atoms with Crippen molar-refractivity contribution in [1.82, 2.24) is 9.88 Å². The maximum Gasteiger partial charge on any atom is 0.183 e. The first-order valence-corrected chi connectivity index (χ1v) is 8.84. The highest BCUT2D eigenvalue weighted by atomic mass is 35.5. The van der Waals surface area contributed by atoms with Crippen molar-refractivity contribution in [1.29, 1.82) is 0 Å². The lowest BCUT2D eigenvalue weighted by molar-refractivity contribution is 0.0398. The zero-order valence-corrected chi connectivity index (χ0v) is 15.9. The number of anilines is 1. The Morgan fingerprint density at radius 2 is 1.92 bits per heavy atom. The van der Waals surface area contributed by atoms with Crippen molar-refractivity contribution < 1.29 is 4.74 Å². The topological polar surface area (TPSA) is 37.4 Å². The summed E-state index contributed by atoms with van der Waals surface area (Å²) in [5, 5.41) is 4.57. The molecule has 2 heterocycles. The minimum absolute atomic E-state index is 0. The van der Waals surface area contributed by atoms with Gasteiger partial charge in [-0.1, -0.05) is 24.3 Å². The van der Waals surface area contributed by atoms with Gasteiger partial charge < -0.3 is 10.1 Å². The van der Waals surface area contributed by atoms with Crippen LogP contribution < -0.4 is 5.32 Å². The van der Waals surface area contributed by atoms with E-state index < -0.39 is 0 Å². The van der Waals surface area contributed by atoms with Crippen molar-refractivity contribution in [3.63, 3.8) is 0 Å². The van der Waals surface area contributed by atoms with E-state index in [2.05, 4.69) is 34.5 Å². The number of halogens is 2. The Morgan fingerprint density at radius 1 is 1.12 bits per heavy atom. The predicted octanol–water partition coefficient (Wildman–Crippen LogP) is 3.50. The number of morpholine rings is 1. The molecule has 24 heavy (non-hydrogen) atoms. The fourth-order valence-electron chi connectivity index (χ4n) is 3.17. The highest BCUT2D eigenvalue weighted by Gasteiger charge is 2.20. The third-order valence-electron chi connectivity index (χ3n) is 4.40. The van der Waals surface area contributed by atoms with E-state index in [4.69, 9.17) is 9.72 Å². The largest absolute Gasteiger partial charge is 0.379 e. The third kappa shape index (κ3) is 4.21. The van der Waals surface area contributed by atoms with Gasteiger partial charge in [-0.2, -0.15) is 0 Å². The molecule has 0 bridgehead atoms. The lowest BCUT2D eigenvalue weighted by atomic mass is 9.94. The number of thiazole rings is 1. The van der Waals surface area contributed by atoms with Gasteiger partial charge in [0.05, 0.1) is 18.9 Å². The lowest BCUT2D eigenvalue weighted by Crippen LogP contribution is -2.38. The maximum absolute atomic E-state index is 5.38. The summed E-state index contributed by atoms with van der Waals surface area (Å²) in [6.45, 7) is 5.83. The van der Waals surface area contributed by atoms with Gasteiger partial charge in [0.25, 0.3) is 0 Å². The summed E-state index contributed by atoms with van der Waals surface area (Å²) in [5.74, 6) is 0. The molecule has 2 aliphatic rings. The van der Waals surface area contributed by atoms with Crippen LogP contribution in [0.5, 0.6) is 0 Å². The molecule has 132 valence electrons. The summed E-state index contributed by atoms with van der Waals surface area (Å²) < 4.78 is 5.38. The fourth-order valence-corrected chi connectivity index (χ4v) is 4.17. The maximum atomic E-state index is 5.38. The highest BCUT2D eigenvalue weighted by Crippen LogP contribution is 2.37. The molecule has 0 atom stereocenters. The van der Waals surface area contributed by atoms with Crippen LogP contribution in [0, 0.1) is 0 Å². The van der Waals surface area contributed by atoms with Gasteiger partial charge in [0.1, 0.15) is 0 Å². The van der Waals surface area contributed by atoms with Gasteiger partial charge >= 0.3 is 0 Å². The second-order valence-corrected chi connectivity index (χ2v) is 6.91. The fraction of sp³-hybridized carbons (Fsp3) is 0.471. The molecule has 1 aromatic carbocycles. The van der Waals surface area contributed by atoms with Gasteiger partial charge in [-0.25, -0.2) is 4.98 Å². The van der Waals surface area contributed by atoms with Crippen LogP contribution in [0.1, 0.15) is 10.4 Å². The molecule has 1 aliphatic heterocycles. The zero-order chi connectivity index (χ0) is 14.8. The van der Waals surface area contributed by atoms with Crippen LogP contribution in [-0.4, -0.2) is 49.3 Å². The molecule has 0 amide bonds. The van der Waals surface area contributed by atoms with Crippen molar-refractivity contribution in [2.45, 2.75) is 12.8 Å². The Bertz CT molecular complexity index is 659. The number of benzene rings is 1. The summed E-state index contributed by atoms with van der Waals surface area (Å²) in [6.07, 6.45) is 2.26. The van der Waals surface area contributed by atoms with Crippen molar-refractivity contribution in [3.8, 4) is 11.3 Å². The molecule has 0 radical (unpaired) electrons. The van der Waals surface area contributed by atoms with Crippen LogP contribution in [-0.2, 0) is 17.6 Å². The minimum Gasteiger partial charge on any atom is -0.379 e. The lowest BCUT2D eigenvalue weighted by Gasteiger charge is -2.26. The number of hydrogen-bond acceptors (Lipinski definition) is 5. The molecule has 7 heteroatoms. The summed E-state index contributed by atoms with van der Waals surface area (Å²) in [4.78, 5) is 8.71. The van der Waals surface area contributed by atoms with Crippen molar-refractivity contribution in [3.05, 3.63) is 34.7 Å². The number of fused-ring (bicyclic) bond motifs is 3. The van der Waals surface area contributed by atoms with Crippen molar-refractivity contribution >= 4 is 41.3 Å². The molecule has 1 saturated heterocycles. The Hall–Kier alpha value is -0.850. The minimum atomic E-state index is 0. The molecule has 0 unspecified atom stereocenters. The molecule has 1 aliphatic carbocycles. The molecular formula is C17H23Cl2N3OS. The standard InChI is InChI=1S/C17H21N3OS.2ClH/c1-2-4-14-13(3-1)5-6-15-16(14)19-17(22-15)18-7-8-20-9-11-21-12-10-20;;/h1-4H,5-12H2,(H,18,19);2*1H. The zero-order valence-electron chi connectivity index (χ0n) is 13.5. The van der Waals surface area contributed by atoms with Crippen molar-refractivity contribution in [2.24, 2.45) is 0 Å². The SMILES string of the molecule is Cl.Cl.c1ccc2c(c1)CCc1sc(NCCN3CCOCC3)nc1-2. The van der Waals surface area contributed by atoms with Gasteiger partial charge in [-0.15, -0.1) is 36.2 Å². The van der Waals surface area contributed by atoms with E-state index in [-0.39, 0.29) is 24.8 Å². The summed E-state index contributed by atoms with van der Waals surface area (Å²) >= 11 is 1.82. The monoisotopic (exact) mass is 387 g/mol. The summed E-state index contributed by atoms with van der Waals surface area (Å²) in [5.41, 5.74) is 3.95. The molecule has 4 rings (SSSR count). The number of nitrogens with one attached hydrogen (secondary N) is 1. The molecule has 0 saturated carbocycles. The first-order chi connectivity index (χ1) is 10.9. The van der Waals surface area contributed by atoms with E-state index in [9.17, 15) is 0 Å². The summed E-state index contributed by atoms with van der Waals surface area (Å²) in [6, 6.07) is 8.66. The van der Waals surface area contributed by atoms with E-state index in [1.165, 1.54) is 21.7 Å². The van der Waals surface area contributed by atoms with Crippen LogP contribution in [0.3, 0.4) is 0 Å². The normalized spacial score (nSPS) is 16.3. The molecule has 0 spiro atoms. The average molecular weight is 388 g/mol. The van der Waals surface area contributed by atoms with Gasteiger partial charge in [0, 0.05) is 36.6 Å². The highest BCUT2D eigenvalue weighted by molar-refractivity contribution is 7.16. The van der Waals surface area contributed by atoms with Crippen LogP contribution in [0.15, 0.2) is 24.3 Å². The van der Waals surface area contributed by atoms with Crippen LogP contribution >= 0.6 is 36.2 Å². The van der Waals surface area contributed by atoms with Crippen LogP contribution in [0.2, 0.25) is 0 Å². The Kier molecular flexibility index (Phi) is 7.32. The first-order valence-electron chi connectivity index (χ1n) is 8.02. The molecule has 1 aromatic heterocycles.